The van der Waals surface area contributed by atoms with Gasteiger partial charge in [-0.3, -0.25) is 9.69 Å². The van der Waals surface area contributed by atoms with Crippen molar-refractivity contribution in [3.63, 3.8) is 0 Å². The summed E-state index contributed by atoms with van der Waals surface area (Å²) in [5.41, 5.74) is 0.994. The average molecular weight is 346 g/mol. The zero-order valence-corrected chi connectivity index (χ0v) is 14.5. The van der Waals surface area contributed by atoms with Gasteiger partial charge in [-0.1, -0.05) is 30.3 Å². The lowest BCUT2D eigenvalue weighted by atomic mass is 9.96. The minimum Gasteiger partial charge on any atom is -0.480 e. The SMILES string of the molecule is O=C(O)CN1CCC(CN(C(=O)OCc2ccccc2)C2CC2)CC1. The van der Waals surface area contributed by atoms with Crippen LogP contribution < -0.4 is 0 Å². The molecule has 2 fully saturated rings. The number of rotatable bonds is 7. The highest BCUT2D eigenvalue weighted by atomic mass is 16.6. The van der Waals surface area contributed by atoms with Crippen LogP contribution in [0.2, 0.25) is 0 Å². The number of nitrogens with zero attached hydrogens (tertiary/aromatic N) is 2. The smallest absolute Gasteiger partial charge is 0.410 e. The van der Waals surface area contributed by atoms with E-state index in [2.05, 4.69) is 0 Å². The topological polar surface area (TPSA) is 70.1 Å². The number of carbonyl (C=O) groups excluding carboxylic acids is 1. The maximum Gasteiger partial charge on any atom is 0.410 e. The number of carboxylic acids is 1. The van der Waals surface area contributed by atoms with Gasteiger partial charge in [0.1, 0.15) is 6.61 Å². The van der Waals surface area contributed by atoms with E-state index in [-0.39, 0.29) is 12.6 Å². The lowest BCUT2D eigenvalue weighted by Crippen LogP contribution is -2.43. The Kier molecular flexibility index (Phi) is 5.91. The fourth-order valence-corrected chi connectivity index (χ4v) is 3.36. The van der Waals surface area contributed by atoms with Crippen molar-refractivity contribution in [1.82, 2.24) is 9.80 Å². The van der Waals surface area contributed by atoms with Crippen LogP contribution in [0.3, 0.4) is 0 Å². The van der Waals surface area contributed by atoms with E-state index < -0.39 is 5.97 Å². The molecule has 0 spiro atoms. The molecule has 6 heteroatoms. The molecule has 1 aromatic rings. The van der Waals surface area contributed by atoms with Crippen molar-refractivity contribution in [2.45, 2.75) is 38.3 Å². The molecule has 1 amide bonds. The summed E-state index contributed by atoms with van der Waals surface area (Å²) in [5.74, 6) is -0.350. The number of benzene rings is 1. The maximum atomic E-state index is 12.5. The summed E-state index contributed by atoms with van der Waals surface area (Å²) in [6, 6.07) is 10.0. The van der Waals surface area contributed by atoms with Crippen molar-refractivity contribution >= 4 is 12.1 Å². The summed E-state index contributed by atoms with van der Waals surface area (Å²) in [7, 11) is 0. The summed E-state index contributed by atoms with van der Waals surface area (Å²) in [4.78, 5) is 27.1. The third kappa shape index (κ3) is 5.46. The van der Waals surface area contributed by atoms with Gasteiger partial charge >= 0.3 is 12.1 Å². The van der Waals surface area contributed by atoms with Crippen LogP contribution in [0.15, 0.2) is 30.3 Å². The Hall–Kier alpha value is -2.08. The van der Waals surface area contributed by atoms with Gasteiger partial charge in [0.2, 0.25) is 0 Å². The number of likely N-dealkylation sites (tertiary alicyclic amines) is 1. The highest BCUT2D eigenvalue weighted by Crippen LogP contribution is 2.30. The van der Waals surface area contributed by atoms with E-state index >= 15 is 0 Å². The molecule has 1 N–H and O–H groups in total. The Morgan fingerprint density at radius 2 is 1.80 bits per heavy atom. The van der Waals surface area contributed by atoms with Gasteiger partial charge in [0.05, 0.1) is 6.54 Å². The first-order valence-electron chi connectivity index (χ1n) is 9.03. The number of aliphatic carboxylic acids is 1. The Morgan fingerprint density at radius 3 is 2.40 bits per heavy atom. The zero-order valence-electron chi connectivity index (χ0n) is 14.5. The maximum absolute atomic E-state index is 12.5. The molecule has 6 nitrogen and oxygen atoms in total. The molecule has 0 unspecified atom stereocenters. The van der Waals surface area contributed by atoms with Crippen molar-refractivity contribution in [2.75, 3.05) is 26.2 Å². The molecule has 3 rings (SSSR count). The largest absolute Gasteiger partial charge is 0.480 e. The minimum absolute atomic E-state index is 0.109. The molecule has 0 aromatic heterocycles. The molecular formula is C19H26N2O4. The van der Waals surface area contributed by atoms with Crippen molar-refractivity contribution in [2.24, 2.45) is 5.92 Å². The first-order chi connectivity index (χ1) is 12.1. The molecular weight excluding hydrogens is 320 g/mol. The molecule has 1 saturated heterocycles. The van der Waals surface area contributed by atoms with Gasteiger partial charge in [0.15, 0.2) is 0 Å². The lowest BCUT2D eigenvalue weighted by Gasteiger charge is -2.34. The molecule has 1 heterocycles. The normalized spacial score (nSPS) is 18.7. The minimum atomic E-state index is -0.775. The average Bonchev–Trinajstić information content (AvgIpc) is 3.44. The molecule has 1 aromatic carbocycles. The second-order valence-corrected chi connectivity index (χ2v) is 7.04. The van der Waals surface area contributed by atoms with E-state index in [1.54, 1.807) is 0 Å². The van der Waals surface area contributed by atoms with Gasteiger partial charge in [0.25, 0.3) is 0 Å². The Morgan fingerprint density at radius 1 is 1.12 bits per heavy atom. The summed E-state index contributed by atoms with van der Waals surface area (Å²) in [6.45, 7) is 2.71. The summed E-state index contributed by atoms with van der Waals surface area (Å²) in [6.07, 6.45) is 3.75. The summed E-state index contributed by atoms with van der Waals surface area (Å²) in [5, 5.41) is 8.87. The van der Waals surface area contributed by atoms with Gasteiger partial charge in [-0.15, -0.1) is 0 Å². The number of piperidine rings is 1. The molecule has 1 aliphatic heterocycles. The highest BCUT2D eigenvalue weighted by molar-refractivity contribution is 5.69. The van der Waals surface area contributed by atoms with Gasteiger partial charge < -0.3 is 14.7 Å². The van der Waals surface area contributed by atoms with Gasteiger partial charge in [0, 0.05) is 12.6 Å². The predicted octanol–water partition coefficient (Wildman–Crippen LogP) is 2.58. The first-order valence-corrected chi connectivity index (χ1v) is 9.03. The number of carboxylic acid groups (broad SMARTS) is 1. The molecule has 0 radical (unpaired) electrons. The number of ether oxygens (including phenoxy) is 1. The van der Waals surface area contributed by atoms with E-state index in [0.717, 1.165) is 50.9 Å². The van der Waals surface area contributed by atoms with Crippen molar-refractivity contribution in [3.8, 4) is 0 Å². The second-order valence-electron chi connectivity index (χ2n) is 7.04. The van der Waals surface area contributed by atoms with Crippen LogP contribution in [0.5, 0.6) is 0 Å². The van der Waals surface area contributed by atoms with E-state index in [0.29, 0.717) is 18.6 Å². The quantitative estimate of drug-likeness (QED) is 0.822. The summed E-state index contributed by atoms with van der Waals surface area (Å²) < 4.78 is 5.51. The van der Waals surface area contributed by atoms with Crippen LogP contribution >= 0.6 is 0 Å². The monoisotopic (exact) mass is 346 g/mol. The third-order valence-corrected chi connectivity index (χ3v) is 4.95. The molecule has 0 bridgehead atoms. The van der Waals surface area contributed by atoms with Crippen LogP contribution in [0.1, 0.15) is 31.2 Å². The van der Waals surface area contributed by atoms with E-state index in [1.165, 1.54) is 0 Å². The Bertz CT molecular complexity index is 580. The highest BCUT2D eigenvalue weighted by Gasteiger charge is 2.35. The molecule has 1 saturated carbocycles. The standard InChI is InChI=1S/C19H26N2O4/c22-18(23)13-20-10-8-15(9-11-20)12-21(17-6-7-17)19(24)25-14-16-4-2-1-3-5-16/h1-5,15,17H,6-14H2,(H,22,23). The molecule has 2 aliphatic rings. The lowest BCUT2D eigenvalue weighted by molar-refractivity contribution is -0.138. The molecule has 1 aliphatic carbocycles. The van der Waals surface area contributed by atoms with Crippen LogP contribution in [-0.2, 0) is 16.1 Å². The number of hydrogen-bond donors (Lipinski definition) is 1. The van der Waals surface area contributed by atoms with Crippen molar-refractivity contribution in [3.05, 3.63) is 35.9 Å². The third-order valence-electron chi connectivity index (χ3n) is 4.95. The Labute approximate surface area is 148 Å². The molecule has 136 valence electrons. The van der Waals surface area contributed by atoms with E-state index in [1.807, 2.05) is 40.1 Å². The van der Waals surface area contributed by atoms with Crippen molar-refractivity contribution in [1.29, 1.82) is 0 Å². The Balaban J connectivity index is 1.47. The van der Waals surface area contributed by atoms with Crippen LogP contribution in [-0.4, -0.2) is 59.2 Å². The predicted molar refractivity (Wildman–Crippen MR) is 93.2 cm³/mol. The van der Waals surface area contributed by atoms with Gasteiger partial charge in [-0.2, -0.15) is 0 Å². The summed E-state index contributed by atoms with van der Waals surface area (Å²) >= 11 is 0. The zero-order chi connectivity index (χ0) is 17.6. The first kappa shape index (κ1) is 17.7. The van der Waals surface area contributed by atoms with Gasteiger partial charge in [-0.25, -0.2) is 4.79 Å². The fourth-order valence-electron chi connectivity index (χ4n) is 3.36. The number of amides is 1. The van der Waals surface area contributed by atoms with Crippen LogP contribution in [0, 0.1) is 5.92 Å². The van der Waals surface area contributed by atoms with E-state index in [9.17, 15) is 9.59 Å². The second kappa shape index (κ2) is 8.34. The van der Waals surface area contributed by atoms with E-state index in [4.69, 9.17) is 9.84 Å². The van der Waals surface area contributed by atoms with Crippen LogP contribution in [0.25, 0.3) is 0 Å². The van der Waals surface area contributed by atoms with Gasteiger partial charge in [-0.05, 0) is 50.3 Å². The number of carbonyl (C=O) groups is 2. The van der Waals surface area contributed by atoms with Crippen molar-refractivity contribution < 1.29 is 19.4 Å². The molecule has 25 heavy (non-hydrogen) atoms. The number of hydrogen-bond acceptors (Lipinski definition) is 4. The molecule has 0 atom stereocenters. The van der Waals surface area contributed by atoms with Crippen LogP contribution in [0.4, 0.5) is 4.79 Å². The fraction of sp³-hybridized carbons (Fsp3) is 0.579.